The van der Waals surface area contributed by atoms with Gasteiger partial charge in [-0.2, -0.15) is 0 Å². The van der Waals surface area contributed by atoms with E-state index in [1.807, 2.05) is 0 Å². The summed E-state index contributed by atoms with van der Waals surface area (Å²) in [5.41, 5.74) is 0.220. The first-order chi connectivity index (χ1) is 14.9. The highest BCUT2D eigenvalue weighted by atomic mass is 32.1. The number of halogens is 1. The van der Waals surface area contributed by atoms with E-state index in [1.54, 1.807) is 13.0 Å². The second-order valence-corrected chi connectivity index (χ2v) is 8.72. The molecule has 164 valence electrons. The summed E-state index contributed by atoms with van der Waals surface area (Å²) >= 11 is 1.06. The minimum atomic E-state index is -0.786. The zero-order valence-corrected chi connectivity index (χ0v) is 17.8. The molecule has 0 spiro atoms. The molecule has 1 aliphatic heterocycles. The van der Waals surface area contributed by atoms with Crippen molar-refractivity contribution in [3.8, 4) is 0 Å². The molecule has 2 fully saturated rings. The minimum Gasteiger partial charge on any atom is -0.462 e. The fraction of sp³-hybridized carbons (Fsp3) is 0.455. The Balaban J connectivity index is 1.50. The molecule has 2 amide bonds. The molecular formula is C22H22FNO6S. The van der Waals surface area contributed by atoms with Gasteiger partial charge in [-0.1, -0.05) is 18.9 Å². The van der Waals surface area contributed by atoms with Gasteiger partial charge in [0.05, 0.1) is 18.4 Å². The molecule has 0 N–H and O–H groups in total. The van der Waals surface area contributed by atoms with E-state index in [0.717, 1.165) is 29.1 Å². The lowest BCUT2D eigenvalue weighted by Crippen LogP contribution is -2.36. The molecule has 9 heteroatoms. The lowest BCUT2D eigenvalue weighted by atomic mass is 9.81. The molecule has 1 aromatic carbocycles. The Morgan fingerprint density at radius 1 is 1.13 bits per heavy atom. The Kier molecular flexibility index (Phi) is 6.04. The lowest BCUT2D eigenvalue weighted by molar-refractivity contribution is -0.153. The molecule has 1 aliphatic carbocycles. The number of esters is 2. The Hall–Kier alpha value is -2.81. The van der Waals surface area contributed by atoms with Crippen LogP contribution in [0.3, 0.4) is 0 Å². The van der Waals surface area contributed by atoms with E-state index >= 15 is 0 Å². The molecule has 0 bridgehead atoms. The van der Waals surface area contributed by atoms with Crippen LogP contribution in [-0.2, 0) is 30.5 Å². The van der Waals surface area contributed by atoms with Crippen molar-refractivity contribution in [2.75, 3.05) is 13.2 Å². The first kappa shape index (κ1) is 21.4. The van der Waals surface area contributed by atoms with Crippen molar-refractivity contribution in [3.63, 3.8) is 0 Å². The highest BCUT2D eigenvalue weighted by Gasteiger charge is 2.48. The van der Waals surface area contributed by atoms with Crippen LogP contribution in [0.15, 0.2) is 18.2 Å². The maximum atomic E-state index is 14.5. The van der Waals surface area contributed by atoms with Crippen LogP contribution in [0.4, 0.5) is 4.39 Å². The van der Waals surface area contributed by atoms with Crippen LogP contribution in [-0.4, -0.2) is 41.8 Å². The zero-order chi connectivity index (χ0) is 22.1. The van der Waals surface area contributed by atoms with Crippen molar-refractivity contribution < 1.29 is 33.0 Å². The van der Waals surface area contributed by atoms with Gasteiger partial charge in [0.1, 0.15) is 23.8 Å². The monoisotopic (exact) mass is 447 g/mol. The summed E-state index contributed by atoms with van der Waals surface area (Å²) < 4.78 is 25.3. The molecule has 4 rings (SSSR count). The number of hydrogen-bond acceptors (Lipinski definition) is 7. The Morgan fingerprint density at radius 3 is 2.45 bits per heavy atom. The number of nitrogens with zero attached hydrogens (tertiary/aromatic N) is 1. The SMILES string of the molecule is CCOC(=O)c1sc2cccc(F)c2c1COC(=O)CN1C(=O)C2CCCCC2C1=O. The molecule has 2 unspecified atom stereocenters. The maximum Gasteiger partial charge on any atom is 0.348 e. The second kappa shape index (κ2) is 8.74. The number of imide groups is 1. The van der Waals surface area contributed by atoms with Crippen LogP contribution < -0.4 is 0 Å². The highest BCUT2D eigenvalue weighted by molar-refractivity contribution is 7.21. The molecule has 1 saturated heterocycles. The number of likely N-dealkylation sites (tertiary alicyclic amines) is 1. The van der Waals surface area contributed by atoms with Gasteiger partial charge in [-0.3, -0.25) is 19.3 Å². The molecule has 2 aliphatic rings. The number of benzene rings is 1. The number of rotatable bonds is 6. The van der Waals surface area contributed by atoms with Gasteiger partial charge in [0.15, 0.2) is 0 Å². The van der Waals surface area contributed by atoms with Crippen molar-refractivity contribution in [1.29, 1.82) is 0 Å². The van der Waals surface area contributed by atoms with E-state index in [2.05, 4.69) is 0 Å². The molecule has 0 radical (unpaired) electrons. The van der Waals surface area contributed by atoms with Crippen molar-refractivity contribution >= 4 is 45.2 Å². The van der Waals surface area contributed by atoms with Crippen LogP contribution in [0.25, 0.3) is 10.1 Å². The average molecular weight is 447 g/mol. The molecule has 7 nitrogen and oxygen atoms in total. The van der Waals surface area contributed by atoms with Crippen molar-refractivity contribution in [2.45, 2.75) is 39.2 Å². The van der Waals surface area contributed by atoms with E-state index in [1.165, 1.54) is 12.1 Å². The van der Waals surface area contributed by atoms with Crippen LogP contribution in [0, 0.1) is 17.7 Å². The number of amides is 2. The van der Waals surface area contributed by atoms with E-state index in [9.17, 15) is 23.6 Å². The van der Waals surface area contributed by atoms with Gasteiger partial charge in [0, 0.05) is 15.6 Å². The first-order valence-electron chi connectivity index (χ1n) is 10.3. The van der Waals surface area contributed by atoms with Gasteiger partial charge >= 0.3 is 11.9 Å². The van der Waals surface area contributed by atoms with Crippen molar-refractivity contribution in [1.82, 2.24) is 4.90 Å². The van der Waals surface area contributed by atoms with Crippen LogP contribution >= 0.6 is 11.3 Å². The average Bonchev–Trinajstić information content (AvgIpc) is 3.25. The summed E-state index contributed by atoms with van der Waals surface area (Å²) in [5, 5.41) is 0.197. The van der Waals surface area contributed by atoms with E-state index in [0.29, 0.717) is 17.5 Å². The standard InChI is InChI=1S/C22H22FNO6S/c1-2-29-22(28)19-14(18-15(23)8-5-9-16(18)31-19)11-30-17(25)10-24-20(26)12-6-3-4-7-13(12)21(24)27/h5,8-9,12-13H,2-4,6-7,10-11H2,1H3. The maximum absolute atomic E-state index is 14.5. The number of ether oxygens (including phenoxy) is 2. The van der Waals surface area contributed by atoms with Gasteiger partial charge in [-0.15, -0.1) is 11.3 Å². The molecular weight excluding hydrogens is 425 g/mol. The van der Waals surface area contributed by atoms with E-state index in [-0.39, 0.29) is 52.7 Å². The fourth-order valence-electron chi connectivity index (χ4n) is 4.38. The van der Waals surface area contributed by atoms with Crippen molar-refractivity contribution in [2.24, 2.45) is 11.8 Å². The quantitative estimate of drug-likeness (QED) is 0.498. The lowest BCUT2D eigenvalue weighted by Gasteiger charge is -2.19. The number of thiophene rings is 1. The summed E-state index contributed by atoms with van der Waals surface area (Å²) in [5.74, 6) is -3.30. The number of fused-ring (bicyclic) bond motifs is 2. The molecule has 1 saturated carbocycles. The molecule has 2 atom stereocenters. The van der Waals surface area contributed by atoms with Crippen LogP contribution in [0.1, 0.15) is 47.8 Å². The summed E-state index contributed by atoms with van der Waals surface area (Å²) in [4.78, 5) is 51.0. The molecule has 31 heavy (non-hydrogen) atoms. The van der Waals surface area contributed by atoms with Gasteiger partial charge in [-0.25, -0.2) is 9.18 Å². The normalized spacial score (nSPS) is 20.8. The third-order valence-corrected chi connectivity index (χ3v) is 7.00. The van der Waals surface area contributed by atoms with Crippen LogP contribution in [0.5, 0.6) is 0 Å². The summed E-state index contributed by atoms with van der Waals surface area (Å²) in [6.45, 7) is 0.963. The largest absolute Gasteiger partial charge is 0.462 e. The van der Waals surface area contributed by atoms with E-state index < -0.39 is 24.3 Å². The molecule has 2 heterocycles. The third-order valence-electron chi connectivity index (χ3n) is 5.82. The highest BCUT2D eigenvalue weighted by Crippen LogP contribution is 2.38. The van der Waals surface area contributed by atoms with Crippen LogP contribution in [0.2, 0.25) is 0 Å². The Morgan fingerprint density at radius 2 is 1.81 bits per heavy atom. The smallest absolute Gasteiger partial charge is 0.348 e. The number of carbonyl (C=O) groups is 4. The predicted molar refractivity (Wildman–Crippen MR) is 110 cm³/mol. The molecule has 2 aromatic rings. The van der Waals surface area contributed by atoms with Gasteiger partial charge in [-0.05, 0) is 31.9 Å². The van der Waals surface area contributed by atoms with Crippen molar-refractivity contribution in [3.05, 3.63) is 34.5 Å². The molecule has 1 aromatic heterocycles. The summed E-state index contributed by atoms with van der Waals surface area (Å²) in [6.07, 6.45) is 3.10. The summed E-state index contributed by atoms with van der Waals surface area (Å²) in [7, 11) is 0. The predicted octanol–water partition coefficient (Wildman–Crippen LogP) is 3.44. The van der Waals surface area contributed by atoms with Gasteiger partial charge < -0.3 is 9.47 Å². The van der Waals surface area contributed by atoms with E-state index in [4.69, 9.17) is 9.47 Å². The third kappa shape index (κ3) is 3.94. The minimum absolute atomic E-state index is 0.149. The Labute approximate surface area is 182 Å². The first-order valence-corrected chi connectivity index (χ1v) is 11.1. The second-order valence-electron chi connectivity index (χ2n) is 7.66. The summed E-state index contributed by atoms with van der Waals surface area (Å²) in [6, 6.07) is 4.46. The number of carbonyl (C=O) groups excluding carboxylic acids is 4. The Bertz CT molecular complexity index is 1040. The number of hydrogen-bond donors (Lipinski definition) is 0. The van der Waals surface area contributed by atoms with Gasteiger partial charge in [0.2, 0.25) is 11.8 Å². The fourth-order valence-corrected chi connectivity index (χ4v) is 5.50. The zero-order valence-electron chi connectivity index (χ0n) is 17.0. The van der Waals surface area contributed by atoms with Gasteiger partial charge in [0.25, 0.3) is 0 Å². The topological polar surface area (TPSA) is 90.0 Å².